The van der Waals surface area contributed by atoms with Crippen LogP contribution < -0.4 is 5.73 Å². The number of nitro benzene ring substituents is 1. The Kier molecular flexibility index (Phi) is 3.69. The number of benzene rings is 1. The van der Waals surface area contributed by atoms with Crippen LogP contribution in [-0.4, -0.2) is 10.1 Å². The number of nitrogens with zero attached hydrogens (tertiary/aromatic N) is 2. The van der Waals surface area contributed by atoms with Crippen LogP contribution in [0.25, 0.3) is 11.3 Å². The number of nitro groups is 1. The van der Waals surface area contributed by atoms with Crippen molar-refractivity contribution in [3.05, 3.63) is 39.7 Å². The van der Waals surface area contributed by atoms with Crippen molar-refractivity contribution in [1.82, 2.24) is 5.16 Å². The van der Waals surface area contributed by atoms with Gasteiger partial charge in [-0.1, -0.05) is 19.0 Å². The molecule has 2 rings (SSSR count). The van der Waals surface area contributed by atoms with Crippen molar-refractivity contribution in [1.29, 1.82) is 0 Å². The molecule has 0 saturated heterocycles. The molecule has 1 heterocycles. The van der Waals surface area contributed by atoms with Gasteiger partial charge < -0.3 is 10.3 Å². The summed E-state index contributed by atoms with van der Waals surface area (Å²) in [5.74, 6) is -0.258. The van der Waals surface area contributed by atoms with Crippen LogP contribution in [0.1, 0.15) is 19.4 Å². The number of nitrogens with two attached hydrogens (primary N) is 1. The summed E-state index contributed by atoms with van der Waals surface area (Å²) in [6.07, 6.45) is 0.592. The topological polar surface area (TPSA) is 95.2 Å². The van der Waals surface area contributed by atoms with Crippen molar-refractivity contribution >= 4 is 11.6 Å². The van der Waals surface area contributed by atoms with Gasteiger partial charge in [-0.25, -0.2) is 4.39 Å². The average Bonchev–Trinajstić information content (AvgIpc) is 2.69. The fourth-order valence-corrected chi connectivity index (χ4v) is 1.97. The van der Waals surface area contributed by atoms with Crippen LogP contribution in [0, 0.1) is 21.8 Å². The fourth-order valence-electron chi connectivity index (χ4n) is 1.97. The molecule has 0 spiro atoms. The zero-order valence-corrected chi connectivity index (χ0v) is 11.1. The number of hydrogen-bond acceptors (Lipinski definition) is 5. The van der Waals surface area contributed by atoms with E-state index in [2.05, 4.69) is 5.16 Å². The van der Waals surface area contributed by atoms with Crippen molar-refractivity contribution < 1.29 is 13.8 Å². The van der Waals surface area contributed by atoms with Crippen LogP contribution in [0.3, 0.4) is 0 Å². The minimum Gasteiger partial charge on any atom is -0.367 e. The lowest BCUT2D eigenvalue weighted by molar-refractivity contribution is -0.385. The van der Waals surface area contributed by atoms with Crippen molar-refractivity contribution in [2.45, 2.75) is 20.3 Å². The summed E-state index contributed by atoms with van der Waals surface area (Å²) in [6, 6.07) is 3.29. The van der Waals surface area contributed by atoms with E-state index in [9.17, 15) is 14.5 Å². The van der Waals surface area contributed by atoms with Gasteiger partial charge in [-0.2, -0.15) is 0 Å². The van der Waals surface area contributed by atoms with E-state index in [4.69, 9.17) is 10.3 Å². The van der Waals surface area contributed by atoms with Gasteiger partial charge in [0.2, 0.25) is 5.88 Å². The number of aromatic nitrogens is 1. The molecule has 0 aliphatic carbocycles. The minimum atomic E-state index is -0.703. The largest absolute Gasteiger partial charge is 0.367 e. The van der Waals surface area contributed by atoms with Gasteiger partial charge in [-0.15, -0.1) is 0 Å². The zero-order valence-electron chi connectivity index (χ0n) is 11.1. The van der Waals surface area contributed by atoms with E-state index < -0.39 is 10.7 Å². The maximum Gasteiger partial charge on any atom is 0.273 e. The molecule has 1 aromatic carbocycles. The quantitative estimate of drug-likeness (QED) is 0.685. The van der Waals surface area contributed by atoms with Crippen molar-refractivity contribution in [3.8, 4) is 11.3 Å². The van der Waals surface area contributed by atoms with Gasteiger partial charge in [0.05, 0.1) is 11.0 Å². The Hall–Kier alpha value is -2.44. The Balaban J connectivity index is 2.54. The Morgan fingerprint density at radius 1 is 1.45 bits per heavy atom. The fraction of sp³-hybridized carbons (Fsp3) is 0.308. The lowest BCUT2D eigenvalue weighted by Gasteiger charge is -2.05. The lowest BCUT2D eigenvalue weighted by Crippen LogP contribution is -1.99. The lowest BCUT2D eigenvalue weighted by atomic mass is 9.99. The molecule has 106 valence electrons. The van der Waals surface area contributed by atoms with Gasteiger partial charge in [0.1, 0.15) is 11.5 Å². The highest BCUT2D eigenvalue weighted by molar-refractivity contribution is 5.69. The second-order valence-corrected chi connectivity index (χ2v) is 4.93. The Labute approximate surface area is 114 Å². The van der Waals surface area contributed by atoms with E-state index in [-0.39, 0.29) is 17.1 Å². The van der Waals surface area contributed by atoms with E-state index in [0.717, 1.165) is 6.07 Å². The highest BCUT2D eigenvalue weighted by Gasteiger charge is 2.19. The third-order valence-corrected chi connectivity index (χ3v) is 2.80. The van der Waals surface area contributed by atoms with Crippen molar-refractivity contribution in [2.75, 3.05) is 5.73 Å². The molecular weight excluding hydrogens is 265 g/mol. The Morgan fingerprint density at radius 2 is 2.15 bits per heavy atom. The summed E-state index contributed by atoms with van der Waals surface area (Å²) in [5, 5.41) is 14.6. The summed E-state index contributed by atoms with van der Waals surface area (Å²) >= 11 is 0. The van der Waals surface area contributed by atoms with E-state index in [1.807, 2.05) is 13.8 Å². The number of non-ortho nitro benzene ring substituents is 1. The minimum absolute atomic E-state index is 0.153. The molecule has 0 saturated carbocycles. The molecule has 0 radical (unpaired) electrons. The molecule has 6 nitrogen and oxygen atoms in total. The molecule has 0 fully saturated rings. The van der Waals surface area contributed by atoms with Gasteiger partial charge in [-0.05, 0) is 18.4 Å². The van der Waals surface area contributed by atoms with Crippen LogP contribution in [0.15, 0.2) is 22.7 Å². The summed E-state index contributed by atoms with van der Waals surface area (Å²) in [4.78, 5) is 10.1. The molecular formula is C13H14FN3O3. The summed E-state index contributed by atoms with van der Waals surface area (Å²) in [5.41, 5.74) is 6.64. The third-order valence-electron chi connectivity index (χ3n) is 2.80. The first-order chi connectivity index (χ1) is 9.38. The maximum absolute atomic E-state index is 13.5. The van der Waals surface area contributed by atoms with E-state index >= 15 is 0 Å². The maximum atomic E-state index is 13.5. The number of hydrogen-bond donors (Lipinski definition) is 1. The molecule has 2 N–H and O–H groups in total. The normalized spacial score (nSPS) is 11.0. The first-order valence-corrected chi connectivity index (χ1v) is 6.08. The molecule has 20 heavy (non-hydrogen) atoms. The predicted molar refractivity (Wildman–Crippen MR) is 71.5 cm³/mol. The molecule has 0 aliphatic heterocycles. The molecule has 7 heteroatoms. The van der Waals surface area contributed by atoms with Crippen LogP contribution in [0.2, 0.25) is 0 Å². The highest BCUT2D eigenvalue weighted by atomic mass is 19.1. The van der Waals surface area contributed by atoms with E-state index in [0.29, 0.717) is 23.6 Å². The van der Waals surface area contributed by atoms with E-state index in [1.54, 1.807) is 0 Å². The average molecular weight is 279 g/mol. The smallest absolute Gasteiger partial charge is 0.273 e. The Morgan fingerprint density at radius 3 is 2.75 bits per heavy atom. The number of rotatable bonds is 4. The van der Waals surface area contributed by atoms with Crippen LogP contribution in [0.4, 0.5) is 16.0 Å². The predicted octanol–water partition coefficient (Wildman–Crippen LogP) is 3.17. The molecule has 0 unspecified atom stereocenters. The standard InChI is InChI=1S/C13H14FN3O3/c1-7(2)3-11-12(16-20-13(11)15)8-4-9(14)6-10(5-8)17(18)19/h4-7H,3,15H2,1-2H3. The third kappa shape index (κ3) is 2.76. The molecule has 0 bridgehead atoms. The second kappa shape index (κ2) is 5.28. The van der Waals surface area contributed by atoms with Gasteiger partial charge in [0.15, 0.2) is 0 Å². The monoisotopic (exact) mass is 279 g/mol. The van der Waals surface area contributed by atoms with Gasteiger partial charge in [-0.3, -0.25) is 10.1 Å². The summed E-state index contributed by atoms with van der Waals surface area (Å²) in [6.45, 7) is 3.98. The molecule has 0 aliphatic rings. The van der Waals surface area contributed by atoms with Crippen molar-refractivity contribution in [3.63, 3.8) is 0 Å². The summed E-state index contributed by atoms with van der Waals surface area (Å²) < 4.78 is 18.4. The van der Waals surface area contributed by atoms with Gasteiger partial charge >= 0.3 is 0 Å². The molecule has 2 aromatic rings. The number of anilines is 1. The first kappa shape index (κ1) is 14.0. The van der Waals surface area contributed by atoms with Crippen LogP contribution in [-0.2, 0) is 6.42 Å². The van der Waals surface area contributed by atoms with E-state index in [1.165, 1.54) is 12.1 Å². The zero-order chi connectivity index (χ0) is 14.9. The highest BCUT2D eigenvalue weighted by Crippen LogP contribution is 2.31. The first-order valence-electron chi connectivity index (χ1n) is 6.08. The second-order valence-electron chi connectivity index (χ2n) is 4.93. The van der Waals surface area contributed by atoms with Crippen LogP contribution >= 0.6 is 0 Å². The van der Waals surface area contributed by atoms with Crippen LogP contribution in [0.5, 0.6) is 0 Å². The van der Waals surface area contributed by atoms with Crippen molar-refractivity contribution in [2.24, 2.45) is 5.92 Å². The number of halogens is 1. The molecule has 0 atom stereocenters. The van der Waals surface area contributed by atoms with Gasteiger partial charge in [0.25, 0.3) is 5.69 Å². The summed E-state index contributed by atoms with van der Waals surface area (Å²) in [7, 11) is 0. The number of nitrogen functional groups attached to an aromatic ring is 1. The SMILES string of the molecule is CC(C)Cc1c(-c2cc(F)cc([N+](=O)[O-])c2)noc1N. The molecule has 0 amide bonds. The Bertz CT molecular complexity index is 652. The molecule has 1 aromatic heterocycles. The van der Waals surface area contributed by atoms with Gasteiger partial charge in [0, 0.05) is 17.2 Å².